The molecule has 0 unspecified atom stereocenters. The fraction of sp³-hybridized carbons (Fsp3) is 0.238. The van der Waals surface area contributed by atoms with Crippen LogP contribution in [0.5, 0.6) is 5.75 Å². The normalized spacial score (nSPS) is 21.1. The quantitative estimate of drug-likeness (QED) is 0.560. The number of anilines is 1. The summed E-state index contributed by atoms with van der Waals surface area (Å²) in [5, 5.41) is 0.773. The van der Waals surface area contributed by atoms with Gasteiger partial charge < -0.3 is 4.74 Å². The maximum Gasteiger partial charge on any atom is 0.312 e. The molecule has 1 N–H and O–H groups in total. The highest BCUT2D eigenvalue weighted by Gasteiger charge is 2.35. The van der Waals surface area contributed by atoms with E-state index in [1.165, 1.54) is 0 Å². The molecule has 0 radical (unpaired) electrons. The lowest BCUT2D eigenvalue weighted by Gasteiger charge is -2.24. The van der Waals surface area contributed by atoms with Crippen molar-refractivity contribution in [2.75, 3.05) is 10.7 Å². The van der Waals surface area contributed by atoms with Crippen LogP contribution >= 0.6 is 23.5 Å². The Labute approximate surface area is 181 Å². The highest BCUT2D eigenvalue weighted by Crippen LogP contribution is 2.42. The SMILES string of the molecule is Cc1ccc(N2C(=O)CS[C@@H]2c2ccc(OC(=O)C[C@H]3SC(=O)NC3=O)cc2)cc1. The molecule has 2 atom stereocenters. The number of benzene rings is 2. The van der Waals surface area contributed by atoms with Gasteiger partial charge in [-0.25, -0.2) is 0 Å². The summed E-state index contributed by atoms with van der Waals surface area (Å²) in [5.74, 6) is -0.274. The van der Waals surface area contributed by atoms with Crippen molar-refractivity contribution in [1.29, 1.82) is 0 Å². The van der Waals surface area contributed by atoms with E-state index in [0.29, 0.717) is 11.5 Å². The summed E-state index contributed by atoms with van der Waals surface area (Å²) >= 11 is 2.33. The standard InChI is InChI=1S/C21H18N2O5S2/c1-12-2-6-14(7-3-12)23-17(24)11-29-20(23)13-4-8-15(9-5-13)28-18(25)10-16-19(26)22-21(27)30-16/h2-9,16,20H,10-11H2,1H3,(H,22,26,27)/t16-,20-/m1/s1. The van der Waals surface area contributed by atoms with Gasteiger partial charge in [-0.1, -0.05) is 41.6 Å². The molecule has 2 aliphatic heterocycles. The second-order valence-corrected chi connectivity index (χ2v) is 9.14. The molecule has 154 valence electrons. The third-order valence-corrected chi connectivity index (χ3v) is 6.89. The number of imide groups is 1. The molecule has 2 heterocycles. The predicted octanol–water partition coefficient (Wildman–Crippen LogP) is 3.42. The first kappa shape index (κ1) is 20.5. The number of hydrogen-bond acceptors (Lipinski definition) is 7. The second-order valence-electron chi connectivity index (χ2n) is 6.89. The van der Waals surface area contributed by atoms with E-state index in [0.717, 1.165) is 28.6 Å². The van der Waals surface area contributed by atoms with Crippen LogP contribution in [0.1, 0.15) is 22.9 Å². The van der Waals surface area contributed by atoms with Crippen LogP contribution in [0.3, 0.4) is 0 Å². The van der Waals surface area contributed by atoms with Crippen LogP contribution in [0.2, 0.25) is 0 Å². The lowest BCUT2D eigenvalue weighted by atomic mass is 10.1. The van der Waals surface area contributed by atoms with Gasteiger partial charge in [-0.15, -0.1) is 11.8 Å². The van der Waals surface area contributed by atoms with E-state index in [1.807, 2.05) is 43.3 Å². The summed E-state index contributed by atoms with van der Waals surface area (Å²) < 4.78 is 5.29. The van der Waals surface area contributed by atoms with Gasteiger partial charge in [-0.2, -0.15) is 0 Å². The summed E-state index contributed by atoms with van der Waals surface area (Å²) in [4.78, 5) is 49.1. The number of rotatable bonds is 5. The number of nitrogens with zero attached hydrogens (tertiary/aromatic N) is 1. The van der Waals surface area contributed by atoms with E-state index in [9.17, 15) is 19.2 Å². The minimum Gasteiger partial charge on any atom is -0.426 e. The Morgan fingerprint density at radius 3 is 2.43 bits per heavy atom. The lowest BCUT2D eigenvalue weighted by molar-refractivity contribution is -0.135. The summed E-state index contributed by atoms with van der Waals surface area (Å²) in [7, 11) is 0. The van der Waals surface area contributed by atoms with E-state index >= 15 is 0 Å². The molecule has 2 saturated heterocycles. The third-order valence-electron chi connectivity index (χ3n) is 4.70. The first-order valence-electron chi connectivity index (χ1n) is 9.23. The minimum absolute atomic E-state index is 0.0474. The molecule has 0 bridgehead atoms. The maximum absolute atomic E-state index is 12.4. The Balaban J connectivity index is 1.43. The highest BCUT2D eigenvalue weighted by molar-refractivity contribution is 8.15. The topological polar surface area (TPSA) is 92.8 Å². The number of amides is 3. The van der Waals surface area contributed by atoms with Crippen molar-refractivity contribution in [3.05, 3.63) is 59.7 Å². The average Bonchev–Trinajstić information content (AvgIpc) is 3.24. The predicted molar refractivity (Wildman–Crippen MR) is 115 cm³/mol. The van der Waals surface area contributed by atoms with Gasteiger partial charge in [-0.3, -0.25) is 29.4 Å². The largest absolute Gasteiger partial charge is 0.426 e. The van der Waals surface area contributed by atoms with Crippen LogP contribution in [-0.2, 0) is 14.4 Å². The molecular weight excluding hydrogens is 424 g/mol. The van der Waals surface area contributed by atoms with Gasteiger partial charge >= 0.3 is 5.97 Å². The van der Waals surface area contributed by atoms with Crippen LogP contribution in [0, 0.1) is 6.92 Å². The number of hydrogen-bond donors (Lipinski definition) is 1. The number of carbonyl (C=O) groups excluding carboxylic acids is 4. The van der Waals surface area contributed by atoms with Crippen molar-refractivity contribution in [3.8, 4) is 5.75 Å². The first-order chi connectivity index (χ1) is 14.4. The number of ether oxygens (including phenoxy) is 1. The van der Waals surface area contributed by atoms with Gasteiger partial charge in [0.15, 0.2) is 0 Å². The Kier molecular flexibility index (Phi) is 5.83. The van der Waals surface area contributed by atoms with Crippen molar-refractivity contribution in [1.82, 2.24) is 5.32 Å². The molecule has 2 aromatic carbocycles. The van der Waals surface area contributed by atoms with Crippen LogP contribution < -0.4 is 15.0 Å². The van der Waals surface area contributed by atoms with Gasteiger partial charge in [0.2, 0.25) is 11.8 Å². The van der Waals surface area contributed by atoms with E-state index in [4.69, 9.17) is 4.74 Å². The zero-order valence-corrected chi connectivity index (χ0v) is 17.6. The number of thioether (sulfide) groups is 2. The van der Waals surface area contributed by atoms with Crippen molar-refractivity contribution in [3.63, 3.8) is 0 Å². The smallest absolute Gasteiger partial charge is 0.312 e. The highest BCUT2D eigenvalue weighted by atomic mass is 32.2. The fourth-order valence-electron chi connectivity index (χ4n) is 3.21. The van der Waals surface area contributed by atoms with E-state index in [2.05, 4.69) is 5.32 Å². The van der Waals surface area contributed by atoms with E-state index < -0.39 is 22.4 Å². The molecule has 0 aliphatic carbocycles. The molecule has 30 heavy (non-hydrogen) atoms. The molecule has 4 rings (SSSR count). The lowest BCUT2D eigenvalue weighted by Crippen LogP contribution is -2.27. The number of esters is 1. The van der Waals surface area contributed by atoms with Crippen LogP contribution in [0.4, 0.5) is 10.5 Å². The molecule has 9 heteroatoms. The zero-order chi connectivity index (χ0) is 21.3. The van der Waals surface area contributed by atoms with E-state index in [1.54, 1.807) is 28.8 Å². The van der Waals surface area contributed by atoms with Crippen LogP contribution in [0.25, 0.3) is 0 Å². The summed E-state index contributed by atoms with van der Waals surface area (Å²) in [6, 6.07) is 14.8. The van der Waals surface area contributed by atoms with Crippen molar-refractivity contribution in [2.24, 2.45) is 0 Å². The molecule has 2 aliphatic rings. The molecule has 0 aromatic heterocycles. The zero-order valence-electron chi connectivity index (χ0n) is 16.0. The van der Waals surface area contributed by atoms with Gasteiger partial charge in [0.05, 0.1) is 12.2 Å². The van der Waals surface area contributed by atoms with Gasteiger partial charge in [0.1, 0.15) is 16.4 Å². The molecular formula is C21H18N2O5S2. The van der Waals surface area contributed by atoms with Gasteiger partial charge in [0, 0.05) is 5.69 Å². The van der Waals surface area contributed by atoms with E-state index in [-0.39, 0.29) is 17.7 Å². The number of nitrogens with one attached hydrogen (secondary N) is 1. The van der Waals surface area contributed by atoms with Crippen molar-refractivity contribution in [2.45, 2.75) is 24.0 Å². The monoisotopic (exact) mass is 442 g/mol. The Morgan fingerprint density at radius 1 is 1.10 bits per heavy atom. The molecule has 2 fully saturated rings. The number of aryl methyl sites for hydroxylation is 1. The minimum atomic E-state index is -0.756. The molecule has 3 amide bonds. The second kappa shape index (κ2) is 8.53. The summed E-state index contributed by atoms with van der Waals surface area (Å²) in [6.07, 6.45) is -0.182. The molecule has 0 spiro atoms. The third kappa shape index (κ3) is 4.36. The molecule has 7 nitrogen and oxygen atoms in total. The van der Waals surface area contributed by atoms with Crippen molar-refractivity contribution < 1.29 is 23.9 Å². The van der Waals surface area contributed by atoms with Crippen LogP contribution in [-0.4, -0.2) is 34.0 Å². The maximum atomic E-state index is 12.4. The Bertz CT molecular complexity index is 1010. The van der Waals surface area contributed by atoms with Gasteiger partial charge in [0.25, 0.3) is 5.24 Å². The molecule has 0 saturated carbocycles. The number of carbonyl (C=O) groups is 4. The summed E-state index contributed by atoms with van der Waals surface area (Å²) in [5.41, 5.74) is 2.89. The average molecular weight is 443 g/mol. The summed E-state index contributed by atoms with van der Waals surface area (Å²) in [6.45, 7) is 2.00. The van der Waals surface area contributed by atoms with Gasteiger partial charge in [-0.05, 0) is 36.8 Å². The fourth-order valence-corrected chi connectivity index (χ4v) is 5.19. The first-order valence-corrected chi connectivity index (χ1v) is 11.2. The molecule has 2 aromatic rings. The Morgan fingerprint density at radius 2 is 1.80 bits per heavy atom. The van der Waals surface area contributed by atoms with Crippen molar-refractivity contribution >= 4 is 52.2 Å². The Hall–Kier alpha value is -2.78. The van der Waals surface area contributed by atoms with Crippen LogP contribution in [0.15, 0.2) is 48.5 Å².